The summed E-state index contributed by atoms with van der Waals surface area (Å²) < 4.78 is 30.5. The van der Waals surface area contributed by atoms with Gasteiger partial charge in [-0.25, -0.2) is 0 Å². The second-order valence-corrected chi connectivity index (χ2v) is 5.66. The molecule has 0 aliphatic carbocycles. The van der Waals surface area contributed by atoms with Gasteiger partial charge in [-0.3, -0.25) is 4.98 Å². The molecule has 0 radical (unpaired) electrons. The molecule has 3 aromatic rings. The van der Waals surface area contributed by atoms with Crippen LogP contribution < -0.4 is 9.64 Å². The van der Waals surface area contributed by atoms with Crippen molar-refractivity contribution >= 4 is 11.4 Å². The maximum atomic E-state index is 8.08. The number of aryl methyl sites for hydroxylation is 1. The van der Waals surface area contributed by atoms with E-state index in [1.807, 2.05) is 50.2 Å². The molecule has 0 fully saturated rings. The van der Waals surface area contributed by atoms with Crippen molar-refractivity contribution in [1.82, 2.24) is 4.98 Å². The smallest absolute Gasteiger partial charge is 0.160 e. The number of fused-ring (bicyclic) bond motifs is 2. The molecular weight excluding hydrogens is 284 g/mol. The van der Waals surface area contributed by atoms with Gasteiger partial charge in [0.1, 0.15) is 0 Å². The number of ether oxygens (including phenoxy) is 1. The molecule has 4 rings (SSSR count). The average molecular weight is 305 g/mol. The molecule has 23 heavy (non-hydrogen) atoms. The standard InChI is InChI=1S/C20H18N2O/c1-13-10-11-18-19(14(13)2)23-20-15(16-8-4-5-12-21-16)7-6-9-17(20)22(18)3/h4-12H,1-3H3/i3D3. The van der Waals surface area contributed by atoms with E-state index in [2.05, 4.69) is 4.98 Å². The number of hydrogen-bond donors (Lipinski definition) is 0. The van der Waals surface area contributed by atoms with Gasteiger partial charge in [0.25, 0.3) is 0 Å². The molecule has 1 aliphatic heterocycles. The van der Waals surface area contributed by atoms with Crippen LogP contribution in [0.15, 0.2) is 54.7 Å². The van der Waals surface area contributed by atoms with Crippen LogP contribution in [-0.4, -0.2) is 12.0 Å². The van der Waals surface area contributed by atoms with E-state index in [1.165, 1.54) is 4.90 Å². The third kappa shape index (κ3) is 2.08. The third-order valence-corrected chi connectivity index (χ3v) is 4.28. The number of pyridine rings is 1. The predicted octanol–water partition coefficient (Wildman–Crippen LogP) is 5.24. The molecule has 114 valence electrons. The number of aromatic nitrogens is 1. The van der Waals surface area contributed by atoms with E-state index >= 15 is 0 Å². The summed E-state index contributed by atoms with van der Waals surface area (Å²) in [6.07, 6.45) is 1.71. The zero-order chi connectivity index (χ0) is 18.5. The van der Waals surface area contributed by atoms with Crippen LogP contribution in [0.4, 0.5) is 11.4 Å². The van der Waals surface area contributed by atoms with Crippen molar-refractivity contribution in [2.24, 2.45) is 0 Å². The highest BCUT2D eigenvalue weighted by Crippen LogP contribution is 2.51. The summed E-state index contributed by atoms with van der Waals surface area (Å²) >= 11 is 0. The predicted molar refractivity (Wildman–Crippen MR) is 93.7 cm³/mol. The van der Waals surface area contributed by atoms with Crippen LogP contribution in [0.2, 0.25) is 0 Å². The first kappa shape index (κ1) is 10.8. The van der Waals surface area contributed by atoms with E-state index in [1.54, 1.807) is 18.3 Å². The van der Waals surface area contributed by atoms with Crippen LogP contribution in [0.1, 0.15) is 15.2 Å². The molecule has 0 N–H and O–H groups in total. The number of rotatable bonds is 1. The average Bonchev–Trinajstić information content (AvgIpc) is 2.62. The van der Waals surface area contributed by atoms with Crippen molar-refractivity contribution < 1.29 is 8.85 Å². The Kier molecular flexibility index (Phi) is 2.42. The van der Waals surface area contributed by atoms with Crippen molar-refractivity contribution in [2.75, 3.05) is 11.9 Å². The van der Waals surface area contributed by atoms with E-state index in [0.29, 0.717) is 22.9 Å². The van der Waals surface area contributed by atoms with Gasteiger partial charge in [-0.05, 0) is 55.3 Å². The fourth-order valence-corrected chi connectivity index (χ4v) is 2.84. The minimum atomic E-state index is -2.34. The first-order valence-electron chi connectivity index (χ1n) is 9.00. The number of hydrogen-bond acceptors (Lipinski definition) is 3. The molecule has 1 aromatic heterocycles. The van der Waals surface area contributed by atoms with Crippen LogP contribution in [0.25, 0.3) is 11.3 Å². The normalized spacial score (nSPS) is 14.9. The summed E-state index contributed by atoms with van der Waals surface area (Å²) in [5.41, 5.74) is 4.56. The Bertz CT molecular complexity index is 984. The number of anilines is 2. The summed E-state index contributed by atoms with van der Waals surface area (Å²) in [5, 5.41) is 0. The lowest BCUT2D eigenvalue weighted by Crippen LogP contribution is -2.17. The van der Waals surface area contributed by atoms with Crippen molar-refractivity contribution in [3.8, 4) is 22.8 Å². The molecule has 0 amide bonds. The Balaban J connectivity index is 2.01. The van der Waals surface area contributed by atoms with E-state index in [9.17, 15) is 0 Å². The van der Waals surface area contributed by atoms with Crippen LogP contribution in [0.3, 0.4) is 0 Å². The molecule has 0 spiro atoms. The Hall–Kier alpha value is -2.81. The van der Waals surface area contributed by atoms with Crippen molar-refractivity contribution in [2.45, 2.75) is 13.8 Å². The van der Waals surface area contributed by atoms with Gasteiger partial charge in [0.2, 0.25) is 0 Å². The molecule has 0 unspecified atom stereocenters. The zero-order valence-corrected chi connectivity index (χ0v) is 13.0. The third-order valence-electron chi connectivity index (χ3n) is 4.28. The molecule has 2 heterocycles. The number of benzene rings is 2. The fourth-order valence-electron chi connectivity index (χ4n) is 2.84. The maximum absolute atomic E-state index is 8.08. The molecule has 3 heteroatoms. The van der Waals surface area contributed by atoms with Gasteiger partial charge in [-0.1, -0.05) is 18.2 Å². The molecule has 3 nitrogen and oxygen atoms in total. The Morgan fingerprint density at radius 1 is 0.957 bits per heavy atom. The van der Waals surface area contributed by atoms with Gasteiger partial charge in [0.05, 0.1) is 17.1 Å². The minimum absolute atomic E-state index is 0.517. The maximum Gasteiger partial charge on any atom is 0.160 e. The highest BCUT2D eigenvalue weighted by Gasteiger charge is 2.26. The van der Waals surface area contributed by atoms with E-state index in [4.69, 9.17) is 8.85 Å². The van der Waals surface area contributed by atoms with Gasteiger partial charge < -0.3 is 9.64 Å². The molecule has 0 bridgehead atoms. The highest BCUT2D eigenvalue weighted by molar-refractivity contribution is 5.85. The fraction of sp³-hybridized carbons (Fsp3) is 0.150. The largest absolute Gasteiger partial charge is 0.452 e. The highest BCUT2D eigenvalue weighted by atomic mass is 16.5. The Labute approximate surface area is 140 Å². The van der Waals surface area contributed by atoms with E-state index < -0.39 is 6.98 Å². The van der Waals surface area contributed by atoms with Gasteiger partial charge in [-0.2, -0.15) is 0 Å². The lowest BCUT2D eigenvalue weighted by molar-refractivity contribution is 0.473. The van der Waals surface area contributed by atoms with E-state index in [0.717, 1.165) is 22.4 Å². The second-order valence-electron chi connectivity index (χ2n) is 5.66. The first-order chi connectivity index (χ1) is 12.4. The van der Waals surface area contributed by atoms with Crippen LogP contribution >= 0.6 is 0 Å². The minimum Gasteiger partial charge on any atom is -0.452 e. The van der Waals surface area contributed by atoms with E-state index in [-0.39, 0.29) is 0 Å². The van der Waals surface area contributed by atoms with Crippen LogP contribution in [0.5, 0.6) is 11.5 Å². The molecule has 0 atom stereocenters. The SMILES string of the molecule is [2H]C([2H])([2H])N1c2cccc(-c3ccccn3)c2Oc2c1ccc(C)c2C. The van der Waals surface area contributed by atoms with Crippen molar-refractivity contribution in [3.63, 3.8) is 0 Å². The molecule has 2 aromatic carbocycles. The summed E-state index contributed by atoms with van der Waals surface area (Å²) in [5.74, 6) is 1.10. The van der Waals surface area contributed by atoms with Crippen LogP contribution in [0, 0.1) is 13.8 Å². The number of para-hydroxylation sites is 1. The zero-order valence-electron chi connectivity index (χ0n) is 16.0. The molecule has 1 aliphatic rings. The van der Waals surface area contributed by atoms with Gasteiger partial charge in [0.15, 0.2) is 11.5 Å². The molecular formula is C20H18N2O. The summed E-state index contributed by atoms with van der Waals surface area (Å²) in [6, 6.07) is 14.9. The van der Waals surface area contributed by atoms with Crippen molar-refractivity contribution in [1.29, 1.82) is 0 Å². The quantitative estimate of drug-likeness (QED) is 0.615. The first-order valence-corrected chi connectivity index (χ1v) is 7.50. The number of nitrogens with zero attached hydrogens (tertiary/aromatic N) is 2. The topological polar surface area (TPSA) is 25.4 Å². The van der Waals surface area contributed by atoms with Gasteiger partial charge >= 0.3 is 0 Å². The monoisotopic (exact) mass is 305 g/mol. The van der Waals surface area contributed by atoms with Gasteiger partial charge in [-0.15, -0.1) is 0 Å². The summed E-state index contributed by atoms with van der Waals surface area (Å²) in [4.78, 5) is 5.78. The lowest BCUT2D eigenvalue weighted by atomic mass is 10.0. The van der Waals surface area contributed by atoms with Crippen LogP contribution in [-0.2, 0) is 0 Å². The Morgan fingerprint density at radius 2 is 1.83 bits per heavy atom. The second kappa shape index (κ2) is 5.13. The Morgan fingerprint density at radius 3 is 2.61 bits per heavy atom. The summed E-state index contributed by atoms with van der Waals surface area (Å²) in [6.45, 7) is 1.59. The molecule has 0 saturated heterocycles. The van der Waals surface area contributed by atoms with Gasteiger partial charge in [0, 0.05) is 22.8 Å². The lowest BCUT2D eigenvalue weighted by Gasteiger charge is -2.32. The summed E-state index contributed by atoms with van der Waals surface area (Å²) in [7, 11) is 0. The molecule has 0 saturated carbocycles. The van der Waals surface area contributed by atoms with Crippen molar-refractivity contribution in [3.05, 3.63) is 65.9 Å².